The standard InChI is InChI=1S/C14H25N3O2/c1-9-4-5-10(8-11(9)15)12(18)17-7-6-16-13(19)14(17,2)3/h9-11H,4-8,15H2,1-3H3,(H,16,19). The van der Waals surface area contributed by atoms with Gasteiger partial charge < -0.3 is 16.0 Å². The van der Waals surface area contributed by atoms with Crippen molar-refractivity contribution in [2.24, 2.45) is 17.6 Å². The third-order valence-electron chi connectivity index (χ3n) is 4.72. The van der Waals surface area contributed by atoms with Crippen LogP contribution in [0, 0.1) is 11.8 Å². The third-order valence-corrected chi connectivity index (χ3v) is 4.72. The zero-order valence-electron chi connectivity index (χ0n) is 12.1. The molecule has 5 heteroatoms. The number of amides is 2. The normalized spacial score (nSPS) is 34.8. The first-order valence-corrected chi connectivity index (χ1v) is 7.19. The highest BCUT2D eigenvalue weighted by Crippen LogP contribution is 2.31. The molecule has 2 fully saturated rings. The van der Waals surface area contributed by atoms with E-state index in [0.29, 0.717) is 19.0 Å². The molecule has 108 valence electrons. The van der Waals surface area contributed by atoms with Crippen LogP contribution >= 0.6 is 0 Å². The summed E-state index contributed by atoms with van der Waals surface area (Å²) >= 11 is 0. The Morgan fingerprint density at radius 3 is 2.74 bits per heavy atom. The van der Waals surface area contributed by atoms with Crippen LogP contribution in [0.5, 0.6) is 0 Å². The van der Waals surface area contributed by atoms with Crippen LogP contribution in [0.3, 0.4) is 0 Å². The monoisotopic (exact) mass is 267 g/mol. The molecule has 2 aliphatic rings. The van der Waals surface area contributed by atoms with Crippen molar-refractivity contribution in [3.63, 3.8) is 0 Å². The van der Waals surface area contributed by atoms with Crippen LogP contribution in [0.2, 0.25) is 0 Å². The summed E-state index contributed by atoms with van der Waals surface area (Å²) in [5, 5.41) is 2.82. The summed E-state index contributed by atoms with van der Waals surface area (Å²) in [6, 6.07) is 0.101. The minimum Gasteiger partial charge on any atom is -0.352 e. The van der Waals surface area contributed by atoms with Crippen LogP contribution in [0.4, 0.5) is 0 Å². The smallest absolute Gasteiger partial charge is 0.245 e. The molecule has 1 aliphatic carbocycles. The van der Waals surface area contributed by atoms with Crippen molar-refractivity contribution < 1.29 is 9.59 Å². The first kappa shape index (κ1) is 14.3. The van der Waals surface area contributed by atoms with Gasteiger partial charge in [-0.3, -0.25) is 9.59 Å². The Kier molecular flexibility index (Phi) is 3.85. The van der Waals surface area contributed by atoms with E-state index in [0.717, 1.165) is 19.3 Å². The maximum absolute atomic E-state index is 12.7. The minimum atomic E-state index is -0.748. The van der Waals surface area contributed by atoms with E-state index in [4.69, 9.17) is 5.73 Å². The number of rotatable bonds is 1. The van der Waals surface area contributed by atoms with Gasteiger partial charge in [-0.1, -0.05) is 6.92 Å². The molecular formula is C14H25N3O2. The molecule has 1 heterocycles. The molecule has 1 saturated heterocycles. The zero-order chi connectivity index (χ0) is 14.2. The average Bonchev–Trinajstić information content (AvgIpc) is 2.35. The molecule has 0 radical (unpaired) electrons. The molecule has 1 aliphatic heterocycles. The van der Waals surface area contributed by atoms with Gasteiger partial charge in [0.05, 0.1) is 0 Å². The van der Waals surface area contributed by atoms with E-state index in [9.17, 15) is 9.59 Å². The van der Waals surface area contributed by atoms with Gasteiger partial charge in [-0.05, 0) is 39.0 Å². The summed E-state index contributed by atoms with van der Waals surface area (Å²) in [6.45, 7) is 6.90. The predicted octanol–water partition coefficient (Wildman–Crippen LogP) is 0.487. The molecule has 5 nitrogen and oxygen atoms in total. The van der Waals surface area contributed by atoms with E-state index >= 15 is 0 Å². The topological polar surface area (TPSA) is 75.4 Å². The van der Waals surface area contributed by atoms with Gasteiger partial charge >= 0.3 is 0 Å². The summed E-state index contributed by atoms with van der Waals surface area (Å²) in [6.07, 6.45) is 2.63. The fraction of sp³-hybridized carbons (Fsp3) is 0.857. The highest BCUT2D eigenvalue weighted by Gasteiger charge is 2.43. The molecule has 2 amide bonds. The quantitative estimate of drug-likeness (QED) is 0.726. The zero-order valence-corrected chi connectivity index (χ0v) is 12.1. The summed E-state index contributed by atoms with van der Waals surface area (Å²) in [4.78, 5) is 26.3. The summed E-state index contributed by atoms with van der Waals surface area (Å²) in [5.74, 6) is 0.501. The average molecular weight is 267 g/mol. The van der Waals surface area contributed by atoms with E-state index in [1.165, 1.54) is 0 Å². The van der Waals surface area contributed by atoms with E-state index in [1.54, 1.807) is 4.90 Å². The minimum absolute atomic E-state index is 0.0172. The van der Waals surface area contributed by atoms with Crippen LogP contribution in [0.1, 0.15) is 40.0 Å². The molecule has 1 saturated carbocycles. The Morgan fingerprint density at radius 1 is 1.42 bits per heavy atom. The molecule has 19 heavy (non-hydrogen) atoms. The molecule has 3 N–H and O–H groups in total. The number of hydrogen-bond acceptors (Lipinski definition) is 3. The lowest BCUT2D eigenvalue weighted by atomic mass is 9.78. The highest BCUT2D eigenvalue weighted by molar-refractivity contribution is 5.92. The Bertz CT molecular complexity index is 381. The maximum Gasteiger partial charge on any atom is 0.245 e. The molecule has 2 rings (SSSR count). The van der Waals surface area contributed by atoms with Crippen molar-refractivity contribution in [2.45, 2.75) is 51.6 Å². The highest BCUT2D eigenvalue weighted by atomic mass is 16.2. The van der Waals surface area contributed by atoms with Crippen molar-refractivity contribution in [3.8, 4) is 0 Å². The van der Waals surface area contributed by atoms with Crippen LogP contribution in [0.25, 0.3) is 0 Å². The first-order valence-electron chi connectivity index (χ1n) is 7.19. The molecule has 0 aromatic carbocycles. The Labute approximate surface area is 114 Å². The van der Waals surface area contributed by atoms with Gasteiger partial charge in [0, 0.05) is 25.0 Å². The molecular weight excluding hydrogens is 242 g/mol. The van der Waals surface area contributed by atoms with Crippen LogP contribution in [-0.4, -0.2) is 41.4 Å². The number of carbonyl (C=O) groups is 2. The van der Waals surface area contributed by atoms with E-state index in [-0.39, 0.29) is 23.8 Å². The molecule has 0 aromatic heterocycles. The van der Waals surface area contributed by atoms with Crippen molar-refractivity contribution >= 4 is 11.8 Å². The number of piperazine rings is 1. The maximum atomic E-state index is 12.7. The fourth-order valence-electron chi connectivity index (χ4n) is 3.09. The number of hydrogen-bond donors (Lipinski definition) is 2. The summed E-state index contributed by atoms with van der Waals surface area (Å²) < 4.78 is 0. The van der Waals surface area contributed by atoms with Gasteiger partial charge in [-0.2, -0.15) is 0 Å². The van der Waals surface area contributed by atoms with Crippen LogP contribution in [-0.2, 0) is 9.59 Å². The number of nitrogens with one attached hydrogen (secondary N) is 1. The SMILES string of the molecule is CC1CCC(C(=O)N2CCNC(=O)C2(C)C)CC1N. The van der Waals surface area contributed by atoms with Crippen LogP contribution < -0.4 is 11.1 Å². The number of nitrogens with zero attached hydrogens (tertiary/aromatic N) is 1. The first-order chi connectivity index (χ1) is 8.84. The van der Waals surface area contributed by atoms with Gasteiger partial charge in [0.15, 0.2) is 0 Å². The van der Waals surface area contributed by atoms with E-state index in [2.05, 4.69) is 12.2 Å². The fourth-order valence-corrected chi connectivity index (χ4v) is 3.09. The second-order valence-electron chi connectivity index (χ2n) is 6.46. The summed E-state index contributed by atoms with van der Waals surface area (Å²) in [7, 11) is 0. The summed E-state index contributed by atoms with van der Waals surface area (Å²) in [5.41, 5.74) is 5.33. The Morgan fingerprint density at radius 2 is 2.11 bits per heavy atom. The van der Waals surface area contributed by atoms with Gasteiger partial charge in [-0.25, -0.2) is 0 Å². The van der Waals surface area contributed by atoms with Gasteiger partial charge in [0.2, 0.25) is 11.8 Å². The Balaban J connectivity index is 2.09. The van der Waals surface area contributed by atoms with Crippen molar-refractivity contribution in [1.29, 1.82) is 0 Å². The molecule has 0 bridgehead atoms. The molecule has 3 unspecified atom stereocenters. The Hall–Kier alpha value is -1.10. The lowest BCUT2D eigenvalue weighted by Gasteiger charge is -2.44. The molecule has 0 spiro atoms. The lowest BCUT2D eigenvalue weighted by molar-refractivity contribution is -0.153. The number of nitrogens with two attached hydrogens (primary N) is 1. The van der Waals surface area contributed by atoms with Crippen molar-refractivity contribution in [3.05, 3.63) is 0 Å². The third kappa shape index (κ3) is 2.61. The van der Waals surface area contributed by atoms with E-state index < -0.39 is 5.54 Å². The largest absolute Gasteiger partial charge is 0.352 e. The second kappa shape index (κ2) is 5.12. The second-order valence-corrected chi connectivity index (χ2v) is 6.46. The molecule has 3 atom stereocenters. The van der Waals surface area contributed by atoms with Gasteiger partial charge in [0.1, 0.15) is 5.54 Å². The van der Waals surface area contributed by atoms with Crippen LogP contribution in [0.15, 0.2) is 0 Å². The lowest BCUT2D eigenvalue weighted by Crippen LogP contribution is -2.64. The van der Waals surface area contributed by atoms with E-state index in [1.807, 2.05) is 13.8 Å². The molecule has 0 aromatic rings. The number of carbonyl (C=O) groups excluding carboxylic acids is 2. The van der Waals surface area contributed by atoms with Crippen molar-refractivity contribution in [2.75, 3.05) is 13.1 Å². The van der Waals surface area contributed by atoms with Gasteiger partial charge in [0.25, 0.3) is 0 Å². The van der Waals surface area contributed by atoms with Gasteiger partial charge in [-0.15, -0.1) is 0 Å². The van der Waals surface area contributed by atoms with Crippen molar-refractivity contribution in [1.82, 2.24) is 10.2 Å². The predicted molar refractivity (Wildman–Crippen MR) is 73.3 cm³/mol.